The van der Waals surface area contributed by atoms with Crippen LogP contribution in [0.4, 0.5) is 0 Å². The number of halogens is 1. The van der Waals surface area contributed by atoms with E-state index in [-0.39, 0.29) is 0 Å². The standard InChI is InChI=1S/C9H14IN/c1-3-5-7-9(6-4-2)8-11-10/h3-7,11H,8H2,1-2H3/b5-3?,6-4-,9-7+. The Bertz CT molecular complexity index is 168. The van der Waals surface area contributed by atoms with E-state index >= 15 is 0 Å². The Morgan fingerprint density at radius 1 is 1.36 bits per heavy atom. The summed E-state index contributed by atoms with van der Waals surface area (Å²) in [5.41, 5.74) is 1.29. The Hall–Kier alpha value is -0.0900. The van der Waals surface area contributed by atoms with Crippen LogP contribution in [0.1, 0.15) is 13.8 Å². The summed E-state index contributed by atoms with van der Waals surface area (Å²) in [5, 5.41) is 0. The number of rotatable bonds is 4. The van der Waals surface area contributed by atoms with E-state index in [4.69, 9.17) is 0 Å². The van der Waals surface area contributed by atoms with Crippen molar-refractivity contribution in [3.63, 3.8) is 0 Å². The average Bonchev–Trinajstić information content (AvgIpc) is 2.01. The van der Waals surface area contributed by atoms with Gasteiger partial charge in [-0.2, -0.15) is 0 Å². The molecule has 0 spiro atoms. The monoisotopic (exact) mass is 263 g/mol. The molecule has 0 aliphatic rings. The van der Waals surface area contributed by atoms with Crippen LogP contribution >= 0.6 is 22.9 Å². The van der Waals surface area contributed by atoms with Crippen LogP contribution in [-0.4, -0.2) is 6.54 Å². The van der Waals surface area contributed by atoms with Crippen molar-refractivity contribution in [2.75, 3.05) is 6.54 Å². The Morgan fingerprint density at radius 2 is 2.09 bits per heavy atom. The van der Waals surface area contributed by atoms with Crippen LogP contribution < -0.4 is 3.53 Å². The largest absolute Gasteiger partial charge is 0.257 e. The lowest BCUT2D eigenvalue weighted by Crippen LogP contribution is -2.01. The fourth-order valence-electron chi connectivity index (χ4n) is 0.684. The Morgan fingerprint density at radius 3 is 2.55 bits per heavy atom. The lowest BCUT2D eigenvalue weighted by molar-refractivity contribution is 1.12. The van der Waals surface area contributed by atoms with Gasteiger partial charge in [0.15, 0.2) is 0 Å². The van der Waals surface area contributed by atoms with Crippen molar-refractivity contribution in [2.45, 2.75) is 13.8 Å². The summed E-state index contributed by atoms with van der Waals surface area (Å²) in [6.45, 7) is 4.95. The van der Waals surface area contributed by atoms with E-state index in [1.165, 1.54) is 5.57 Å². The highest BCUT2D eigenvalue weighted by molar-refractivity contribution is 14.1. The Kier molecular flexibility index (Phi) is 7.95. The van der Waals surface area contributed by atoms with Crippen molar-refractivity contribution in [1.82, 2.24) is 3.53 Å². The molecule has 0 amide bonds. The van der Waals surface area contributed by atoms with Crippen LogP contribution in [-0.2, 0) is 0 Å². The quantitative estimate of drug-likeness (QED) is 0.467. The minimum Gasteiger partial charge on any atom is -0.257 e. The number of hydrogen-bond acceptors (Lipinski definition) is 1. The average molecular weight is 263 g/mol. The first-order valence-electron chi connectivity index (χ1n) is 3.63. The van der Waals surface area contributed by atoms with Crippen LogP contribution in [0, 0.1) is 0 Å². The molecule has 0 unspecified atom stereocenters. The lowest BCUT2D eigenvalue weighted by Gasteiger charge is -1.96. The summed E-state index contributed by atoms with van der Waals surface area (Å²) in [6, 6.07) is 0. The Labute approximate surface area is 82.8 Å². The Balaban J connectivity index is 4.07. The van der Waals surface area contributed by atoms with Crippen molar-refractivity contribution >= 4 is 22.9 Å². The molecule has 0 radical (unpaired) electrons. The molecule has 0 saturated carbocycles. The predicted molar refractivity (Wildman–Crippen MR) is 59.7 cm³/mol. The van der Waals surface area contributed by atoms with Gasteiger partial charge < -0.3 is 0 Å². The summed E-state index contributed by atoms with van der Waals surface area (Å²) in [7, 11) is 0. The molecular weight excluding hydrogens is 249 g/mol. The minimum absolute atomic E-state index is 0.912. The third-order valence-electron chi connectivity index (χ3n) is 1.15. The molecule has 2 heteroatoms. The van der Waals surface area contributed by atoms with Crippen LogP contribution in [0.15, 0.2) is 36.0 Å². The minimum atomic E-state index is 0.912. The first-order valence-corrected chi connectivity index (χ1v) is 4.71. The molecule has 0 heterocycles. The fraction of sp³-hybridized carbons (Fsp3) is 0.333. The fourth-order valence-corrected chi connectivity index (χ4v) is 1.12. The van der Waals surface area contributed by atoms with Gasteiger partial charge in [0.05, 0.1) is 0 Å². The lowest BCUT2D eigenvalue weighted by atomic mass is 10.2. The van der Waals surface area contributed by atoms with E-state index in [0.29, 0.717) is 0 Å². The van der Waals surface area contributed by atoms with Gasteiger partial charge in [-0.05, 0) is 19.4 Å². The molecule has 0 aromatic rings. The topological polar surface area (TPSA) is 12.0 Å². The van der Waals surface area contributed by atoms with Crippen LogP contribution in [0.5, 0.6) is 0 Å². The highest BCUT2D eigenvalue weighted by Gasteiger charge is 1.86. The van der Waals surface area contributed by atoms with E-state index in [1.54, 1.807) is 0 Å². The predicted octanol–water partition coefficient (Wildman–Crippen LogP) is 3.00. The van der Waals surface area contributed by atoms with Gasteiger partial charge in [-0.25, -0.2) is 0 Å². The molecule has 0 atom stereocenters. The van der Waals surface area contributed by atoms with Crippen molar-refractivity contribution in [1.29, 1.82) is 0 Å². The van der Waals surface area contributed by atoms with Gasteiger partial charge in [0.1, 0.15) is 0 Å². The van der Waals surface area contributed by atoms with Gasteiger partial charge in [-0.1, -0.05) is 30.4 Å². The molecule has 0 fully saturated rings. The zero-order valence-electron chi connectivity index (χ0n) is 6.97. The molecule has 62 valence electrons. The number of nitrogens with one attached hydrogen (secondary N) is 1. The van der Waals surface area contributed by atoms with E-state index in [0.717, 1.165) is 6.54 Å². The van der Waals surface area contributed by atoms with Crippen molar-refractivity contribution < 1.29 is 0 Å². The molecule has 0 aliphatic carbocycles. The molecule has 0 rings (SSSR count). The van der Waals surface area contributed by atoms with E-state index in [1.807, 2.05) is 32.1 Å². The zero-order chi connectivity index (χ0) is 8.53. The summed E-state index contributed by atoms with van der Waals surface area (Å²) < 4.78 is 3.08. The highest BCUT2D eigenvalue weighted by atomic mass is 127. The summed E-state index contributed by atoms with van der Waals surface area (Å²) in [5.74, 6) is 0. The van der Waals surface area contributed by atoms with Gasteiger partial charge in [0, 0.05) is 29.4 Å². The van der Waals surface area contributed by atoms with Gasteiger partial charge in [0.25, 0.3) is 0 Å². The van der Waals surface area contributed by atoms with Gasteiger partial charge >= 0.3 is 0 Å². The third-order valence-corrected chi connectivity index (χ3v) is 1.54. The van der Waals surface area contributed by atoms with Crippen LogP contribution in [0.3, 0.4) is 0 Å². The summed E-state index contributed by atoms with van der Waals surface area (Å²) in [6.07, 6.45) is 10.3. The maximum atomic E-state index is 3.08. The van der Waals surface area contributed by atoms with Crippen molar-refractivity contribution in [3.05, 3.63) is 36.0 Å². The highest BCUT2D eigenvalue weighted by Crippen LogP contribution is 1.96. The molecule has 0 saturated heterocycles. The molecule has 0 aromatic carbocycles. The normalized spacial score (nSPS) is 13.5. The van der Waals surface area contributed by atoms with E-state index < -0.39 is 0 Å². The molecule has 0 aromatic heterocycles. The van der Waals surface area contributed by atoms with Gasteiger partial charge in [-0.15, -0.1) is 0 Å². The molecule has 1 N–H and O–H groups in total. The number of allylic oxidation sites excluding steroid dienone is 4. The van der Waals surface area contributed by atoms with Gasteiger partial charge in [-0.3, -0.25) is 3.53 Å². The second kappa shape index (κ2) is 8.01. The molecule has 1 nitrogen and oxygen atoms in total. The van der Waals surface area contributed by atoms with E-state index in [9.17, 15) is 0 Å². The number of hydrogen-bond donors (Lipinski definition) is 1. The molecule has 11 heavy (non-hydrogen) atoms. The SMILES string of the molecule is CC=C/C=C(\C=C/C)CNI. The molecule has 0 aliphatic heterocycles. The first kappa shape index (κ1) is 10.9. The van der Waals surface area contributed by atoms with Crippen molar-refractivity contribution in [2.24, 2.45) is 0 Å². The smallest absolute Gasteiger partial charge is 0.0301 e. The summed E-state index contributed by atoms with van der Waals surface area (Å²) in [4.78, 5) is 0. The second-order valence-electron chi connectivity index (χ2n) is 2.08. The van der Waals surface area contributed by atoms with Crippen LogP contribution in [0.2, 0.25) is 0 Å². The summed E-state index contributed by atoms with van der Waals surface area (Å²) >= 11 is 2.15. The maximum absolute atomic E-state index is 3.08. The molecular formula is C9H14IN. The molecule has 0 bridgehead atoms. The van der Waals surface area contributed by atoms with Gasteiger partial charge in [0.2, 0.25) is 0 Å². The second-order valence-corrected chi connectivity index (χ2v) is 2.84. The first-order chi connectivity index (χ1) is 5.35. The maximum Gasteiger partial charge on any atom is 0.0301 e. The van der Waals surface area contributed by atoms with E-state index in [2.05, 4.69) is 38.5 Å². The third kappa shape index (κ3) is 6.31. The van der Waals surface area contributed by atoms with Crippen LogP contribution in [0.25, 0.3) is 0 Å². The zero-order valence-corrected chi connectivity index (χ0v) is 9.13. The van der Waals surface area contributed by atoms with Crippen molar-refractivity contribution in [3.8, 4) is 0 Å².